The Morgan fingerprint density at radius 1 is 0.720 bits per heavy atom. The second-order valence-electron chi connectivity index (χ2n) is 13.9. The monoisotopic (exact) mass is 722 g/mol. The van der Waals surface area contributed by atoms with E-state index in [0.717, 1.165) is 70.6 Å². The van der Waals surface area contributed by atoms with Crippen LogP contribution in [0.1, 0.15) is 129 Å². The number of carbonyl (C=O) groups excluding carboxylic acids is 1. The number of rotatable bonds is 33. The topological polar surface area (TPSA) is 105 Å². The smallest absolute Gasteiger partial charge is 0.387 e. The molecule has 50 heavy (non-hydrogen) atoms. The van der Waals surface area contributed by atoms with Gasteiger partial charge in [-0.25, -0.2) is 4.57 Å². The summed E-state index contributed by atoms with van der Waals surface area (Å²) in [6.45, 7) is 4.47. The van der Waals surface area contributed by atoms with E-state index in [9.17, 15) is 19.4 Å². The van der Waals surface area contributed by atoms with E-state index in [1.807, 2.05) is 40.2 Å². The summed E-state index contributed by atoms with van der Waals surface area (Å²) in [6.07, 6.45) is 42.8. The minimum absolute atomic E-state index is 0.0465. The Morgan fingerprint density at radius 2 is 1.24 bits per heavy atom. The van der Waals surface area contributed by atoms with E-state index in [0.29, 0.717) is 17.4 Å². The molecule has 0 bridgehead atoms. The predicted molar refractivity (Wildman–Crippen MR) is 212 cm³/mol. The van der Waals surface area contributed by atoms with Crippen molar-refractivity contribution in [3.05, 3.63) is 72.9 Å². The summed E-state index contributed by atoms with van der Waals surface area (Å²) in [6, 6.07) is -0.877. The molecule has 0 saturated heterocycles. The lowest BCUT2D eigenvalue weighted by Crippen LogP contribution is -2.45. The zero-order chi connectivity index (χ0) is 37.2. The van der Waals surface area contributed by atoms with Gasteiger partial charge in [0.25, 0.3) is 0 Å². The van der Waals surface area contributed by atoms with Crippen LogP contribution in [0.15, 0.2) is 72.9 Å². The molecule has 0 heterocycles. The Bertz CT molecular complexity index is 1040. The van der Waals surface area contributed by atoms with E-state index in [-0.39, 0.29) is 19.1 Å². The van der Waals surface area contributed by atoms with E-state index in [1.165, 1.54) is 38.5 Å². The van der Waals surface area contributed by atoms with Gasteiger partial charge < -0.3 is 19.8 Å². The number of hydrogen-bond donors (Lipinski definition) is 3. The largest absolute Gasteiger partial charge is 0.472 e. The molecule has 0 aliphatic carbocycles. The van der Waals surface area contributed by atoms with Crippen molar-refractivity contribution in [1.29, 1.82) is 0 Å². The summed E-state index contributed by atoms with van der Waals surface area (Å²) in [7, 11) is 1.52. The molecular weight excluding hydrogens is 647 g/mol. The van der Waals surface area contributed by atoms with Gasteiger partial charge in [0.1, 0.15) is 13.2 Å². The summed E-state index contributed by atoms with van der Waals surface area (Å²) in [5, 5.41) is 13.7. The van der Waals surface area contributed by atoms with Gasteiger partial charge in [-0.05, 0) is 77.6 Å². The standard InChI is InChI=1S/C41H73N2O6P/c1-6-8-10-12-14-16-17-18-19-20-21-22-23-24-25-27-29-31-33-35-41(45)42-39(38-49-50(46,47)48-37-36-43(3,4)5)40(44)34-32-30-28-26-15-13-11-9-7-2/h7,9,14-16,18-19,21-22,26,32,34,39-40,44H,6,8,10-13,17,20,23-25,27-31,33,35-38H2,1-5H3,(H-,42,45,46,47)/p+1/b9-7+,16-14-,19-18-,22-21-,26-15+,34-32+. The number of likely N-dealkylation sites (N-methyl/N-ethyl adjacent to an activating group) is 1. The lowest BCUT2D eigenvalue weighted by molar-refractivity contribution is -0.870. The quantitative estimate of drug-likeness (QED) is 0.0270. The third-order valence-electron chi connectivity index (χ3n) is 7.97. The van der Waals surface area contributed by atoms with Crippen molar-refractivity contribution >= 4 is 13.7 Å². The zero-order valence-electron chi connectivity index (χ0n) is 32.4. The third kappa shape index (κ3) is 34.4. The molecule has 9 heteroatoms. The van der Waals surface area contributed by atoms with Gasteiger partial charge in [-0.15, -0.1) is 0 Å². The summed E-state index contributed by atoms with van der Waals surface area (Å²) in [5.74, 6) is -0.212. The van der Waals surface area contributed by atoms with E-state index in [4.69, 9.17) is 9.05 Å². The number of nitrogens with zero attached hydrogens (tertiary/aromatic N) is 1. The first-order valence-corrected chi connectivity index (χ1v) is 20.8. The minimum Gasteiger partial charge on any atom is -0.387 e. The van der Waals surface area contributed by atoms with Gasteiger partial charge in [0, 0.05) is 6.42 Å². The average molecular weight is 722 g/mol. The predicted octanol–water partition coefficient (Wildman–Crippen LogP) is 10.1. The average Bonchev–Trinajstić information content (AvgIpc) is 3.06. The molecule has 3 atom stereocenters. The van der Waals surface area contributed by atoms with E-state index < -0.39 is 20.0 Å². The minimum atomic E-state index is -4.35. The fourth-order valence-corrected chi connectivity index (χ4v) is 5.58. The maximum absolute atomic E-state index is 12.8. The van der Waals surface area contributed by atoms with Gasteiger partial charge in [0.15, 0.2) is 0 Å². The van der Waals surface area contributed by atoms with E-state index in [2.05, 4.69) is 66.9 Å². The van der Waals surface area contributed by atoms with Gasteiger partial charge in [0.2, 0.25) is 5.91 Å². The van der Waals surface area contributed by atoms with Crippen LogP contribution < -0.4 is 5.32 Å². The van der Waals surface area contributed by atoms with E-state index >= 15 is 0 Å². The van der Waals surface area contributed by atoms with E-state index in [1.54, 1.807) is 6.08 Å². The number of phosphoric ester groups is 1. The number of aliphatic hydroxyl groups excluding tert-OH is 1. The number of nitrogens with one attached hydrogen (secondary N) is 1. The number of unbranched alkanes of at least 4 members (excludes halogenated alkanes) is 11. The van der Waals surface area contributed by atoms with Crippen LogP contribution in [-0.2, 0) is 18.4 Å². The number of quaternary nitrogens is 1. The molecule has 0 saturated carbocycles. The molecule has 0 rings (SSSR count). The van der Waals surface area contributed by atoms with Gasteiger partial charge in [0.05, 0.1) is 39.9 Å². The third-order valence-corrected chi connectivity index (χ3v) is 8.96. The van der Waals surface area contributed by atoms with Gasteiger partial charge in [-0.3, -0.25) is 13.8 Å². The lowest BCUT2D eigenvalue weighted by atomic mass is 10.1. The maximum atomic E-state index is 12.8. The van der Waals surface area contributed by atoms with Crippen LogP contribution in [0.4, 0.5) is 0 Å². The molecule has 0 radical (unpaired) electrons. The number of carbonyl (C=O) groups is 1. The van der Waals surface area contributed by atoms with Crippen LogP contribution in [0, 0.1) is 0 Å². The van der Waals surface area contributed by atoms with Gasteiger partial charge in [-0.1, -0.05) is 118 Å². The molecule has 0 aliphatic heterocycles. The highest BCUT2D eigenvalue weighted by molar-refractivity contribution is 7.47. The Hall–Kier alpha value is -2.06. The zero-order valence-corrected chi connectivity index (χ0v) is 33.2. The first-order chi connectivity index (χ1) is 24.0. The number of phosphoric acid groups is 1. The first kappa shape index (κ1) is 47.9. The van der Waals surface area contributed by atoms with Gasteiger partial charge >= 0.3 is 7.82 Å². The Balaban J connectivity index is 4.48. The van der Waals surface area contributed by atoms with Crippen molar-refractivity contribution in [3.8, 4) is 0 Å². The van der Waals surface area contributed by atoms with Crippen LogP contribution in [0.3, 0.4) is 0 Å². The first-order valence-electron chi connectivity index (χ1n) is 19.3. The lowest BCUT2D eigenvalue weighted by Gasteiger charge is -2.25. The molecular formula is C41H74N2O6P+. The highest BCUT2D eigenvalue weighted by atomic mass is 31.2. The molecule has 0 spiro atoms. The summed E-state index contributed by atoms with van der Waals surface area (Å²) in [4.78, 5) is 23.0. The van der Waals surface area contributed by atoms with Crippen molar-refractivity contribution in [2.24, 2.45) is 0 Å². The van der Waals surface area contributed by atoms with Gasteiger partial charge in [-0.2, -0.15) is 0 Å². The van der Waals surface area contributed by atoms with Crippen molar-refractivity contribution in [2.75, 3.05) is 40.9 Å². The highest BCUT2D eigenvalue weighted by Crippen LogP contribution is 2.43. The SMILES string of the molecule is C/C=C/CC/C=C/CC/C=C/C(O)C(COP(=O)(O)OCC[N+](C)(C)C)NC(=O)CCCCCCCC/C=C\C/C=C\C/C=C\CCCCC. The molecule has 8 nitrogen and oxygen atoms in total. The second-order valence-corrected chi connectivity index (χ2v) is 15.4. The normalized spacial score (nSPS) is 15.4. The van der Waals surface area contributed by atoms with Crippen LogP contribution >= 0.6 is 7.82 Å². The number of aliphatic hydroxyl groups is 1. The van der Waals surface area contributed by atoms with Crippen LogP contribution in [0.2, 0.25) is 0 Å². The molecule has 0 aliphatic rings. The van der Waals surface area contributed by atoms with Crippen molar-refractivity contribution in [1.82, 2.24) is 5.32 Å². The Morgan fingerprint density at radius 3 is 1.84 bits per heavy atom. The Labute approximate surface area is 306 Å². The summed E-state index contributed by atoms with van der Waals surface area (Å²) >= 11 is 0. The molecule has 3 unspecified atom stereocenters. The summed E-state index contributed by atoms with van der Waals surface area (Å²) < 4.78 is 23.4. The molecule has 288 valence electrons. The van der Waals surface area contributed by atoms with Crippen LogP contribution in [0.25, 0.3) is 0 Å². The molecule has 0 aromatic rings. The molecule has 0 fully saturated rings. The fourth-order valence-electron chi connectivity index (χ4n) is 4.85. The van der Waals surface area contributed by atoms with Crippen molar-refractivity contribution < 1.29 is 32.9 Å². The molecule has 0 aromatic carbocycles. The fraction of sp³-hybridized carbons (Fsp3) is 0.683. The maximum Gasteiger partial charge on any atom is 0.472 e. The highest BCUT2D eigenvalue weighted by Gasteiger charge is 2.27. The number of amides is 1. The van der Waals surface area contributed by atoms with Crippen LogP contribution in [0.5, 0.6) is 0 Å². The van der Waals surface area contributed by atoms with Crippen LogP contribution in [-0.4, -0.2) is 73.4 Å². The van der Waals surface area contributed by atoms with Crippen molar-refractivity contribution in [2.45, 2.75) is 142 Å². The van der Waals surface area contributed by atoms with Crippen molar-refractivity contribution in [3.63, 3.8) is 0 Å². The molecule has 1 amide bonds. The molecule has 3 N–H and O–H groups in total. The second kappa shape index (κ2) is 32.8. The molecule has 0 aromatic heterocycles. The summed E-state index contributed by atoms with van der Waals surface area (Å²) in [5.41, 5.74) is 0. The number of allylic oxidation sites excluding steroid dienone is 11. The number of hydrogen-bond acceptors (Lipinski definition) is 5. The Kier molecular flexibility index (Phi) is 31.5.